The zero-order chi connectivity index (χ0) is 21.4. The van der Waals surface area contributed by atoms with E-state index in [4.69, 9.17) is 4.74 Å². The van der Waals surface area contributed by atoms with Crippen LogP contribution in [-0.4, -0.2) is 27.7 Å². The van der Waals surface area contributed by atoms with E-state index in [9.17, 15) is 31.1 Å². The zero-order valence-corrected chi connectivity index (χ0v) is 14.4. The number of rotatable bonds is 3. The highest BCUT2D eigenvalue weighted by Crippen LogP contribution is 2.35. The number of carbonyl (C=O) groups excluding carboxylic acids is 1. The molecular formula is C16H11F6N5O2. The number of hydrogen-bond donors (Lipinski definition) is 2. The molecule has 0 aliphatic carbocycles. The first-order valence-electron chi connectivity index (χ1n) is 7.74. The first-order valence-corrected chi connectivity index (χ1v) is 7.74. The van der Waals surface area contributed by atoms with Crippen LogP contribution in [0, 0.1) is 0 Å². The first-order chi connectivity index (χ1) is 13.5. The normalized spacial score (nSPS) is 12.1. The van der Waals surface area contributed by atoms with Crippen molar-refractivity contribution in [3.8, 4) is 5.75 Å². The van der Waals surface area contributed by atoms with Gasteiger partial charge >= 0.3 is 18.4 Å². The van der Waals surface area contributed by atoms with E-state index in [1.165, 1.54) is 31.4 Å². The molecule has 0 atom stereocenters. The van der Waals surface area contributed by atoms with Crippen molar-refractivity contribution in [3.63, 3.8) is 0 Å². The smallest absolute Gasteiger partial charge is 0.433 e. The molecule has 154 valence electrons. The lowest BCUT2D eigenvalue weighted by atomic mass is 10.3. The lowest BCUT2D eigenvalue weighted by molar-refractivity contribution is -0.148. The van der Waals surface area contributed by atoms with E-state index in [-0.39, 0.29) is 10.6 Å². The van der Waals surface area contributed by atoms with Gasteiger partial charge in [0.2, 0.25) is 0 Å². The second kappa shape index (κ2) is 7.14. The molecule has 0 unspecified atom stereocenters. The SMILES string of the molecule is COc1ccc(NC(=O)Nc2cnn3c(C(F)(F)F)cc(C(F)(F)F)nc23)cc1. The van der Waals surface area contributed by atoms with Crippen LogP contribution in [0.4, 0.5) is 42.5 Å². The summed E-state index contributed by atoms with van der Waals surface area (Å²) in [5.74, 6) is 0.516. The number of halogens is 6. The van der Waals surface area contributed by atoms with Crippen molar-refractivity contribution in [2.45, 2.75) is 12.4 Å². The van der Waals surface area contributed by atoms with Gasteiger partial charge in [-0.15, -0.1) is 0 Å². The number of urea groups is 1. The molecule has 2 aromatic heterocycles. The Bertz CT molecular complexity index is 1040. The highest BCUT2D eigenvalue weighted by atomic mass is 19.4. The van der Waals surface area contributed by atoms with Crippen LogP contribution in [0.5, 0.6) is 5.75 Å². The maximum absolute atomic E-state index is 13.1. The minimum absolute atomic E-state index is 0.152. The van der Waals surface area contributed by atoms with Gasteiger partial charge in [0.05, 0.1) is 13.3 Å². The summed E-state index contributed by atoms with van der Waals surface area (Å²) in [6.07, 6.45) is -9.49. The molecule has 0 radical (unpaired) electrons. The molecule has 0 fully saturated rings. The van der Waals surface area contributed by atoms with Crippen molar-refractivity contribution in [2.24, 2.45) is 0 Å². The van der Waals surface area contributed by atoms with Crippen LogP contribution in [0.2, 0.25) is 0 Å². The third kappa shape index (κ3) is 4.33. The standard InChI is InChI=1S/C16H11F6N5O2/c1-29-9-4-2-8(3-5-9)24-14(28)25-10-7-23-27-12(16(20,21)22)6-11(15(17,18)19)26-13(10)27/h2-7H,1H3,(H2,24,25,28). The first kappa shape index (κ1) is 20.2. The van der Waals surface area contributed by atoms with Crippen LogP contribution in [0.15, 0.2) is 36.5 Å². The van der Waals surface area contributed by atoms with Gasteiger partial charge in [-0.3, -0.25) is 0 Å². The maximum Gasteiger partial charge on any atom is 0.433 e. The summed E-state index contributed by atoms with van der Waals surface area (Å²) < 4.78 is 83.4. The van der Waals surface area contributed by atoms with Gasteiger partial charge in [-0.25, -0.2) is 14.3 Å². The molecule has 1 aromatic carbocycles. The molecule has 2 heterocycles. The fraction of sp³-hybridized carbons (Fsp3) is 0.188. The summed E-state index contributed by atoms with van der Waals surface area (Å²) in [5.41, 5.74) is -4.39. The minimum Gasteiger partial charge on any atom is -0.497 e. The molecule has 7 nitrogen and oxygen atoms in total. The van der Waals surface area contributed by atoms with E-state index in [0.717, 1.165) is 6.20 Å². The molecule has 0 spiro atoms. The Morgan fingerprint density at radius 3 is 2.24 bits per heavy atom. The Balaban J connectivity index is 1.94. The second-order valence-corrected chi connectivity index (χ2v) is 5.62. The number of methoxy groups -OCH3 is 1. The Morgan fingerprint density at radius 2 is 1.69 bits per heavy atom. The molecule has 0 aliphatic rings. The van der Waals surface area contributed by atoms with Gasteiger partial charge in [0.25, 0.3) is 0 Å². The van der Waals surface area contributed by atoms with E-state index in [2.05, 4.69) is 20.7 Å². The van der Waals surface area contributed by atoms with Gasteiger partial charge in [-0.2, -0.15) is 31.4 Å². The number of nitrogens with one attached hydrogen (secondary N) is 2. The number of ether oxygens (including phenoxy) is 1. The molecule has 2 N–H and O–H groups in total. The Kier molecular flexibility index (Phi) is 4.98. The topological polar surface area (TPSA) is 80.5 Å². The monoisotopic (exact) mass is 419 g/mol. The van der Waals surface area contributed by atoms with Crippen molar-refractivity contribution in [3.05, 3.63) is 47.9 Å². The number of amides is 2. The summed E-state index contributed by atoms with van der Waals surface area (Å²) in [7, 11) is 1.44. The third-order valence-electron chi connectivity index (χ3n) is 3.65. The number of benzene rings is 1. The van der Waals surface area contributed by atoms with Crippen molar-refractivity contribution >= 4 is 23.1 Å². The molecular weight excluding hydrogens is 408 g/mol. The molecule has 13 heteroatoms. The van der Waals surface area contributed by atoms with Crippen LogP contribution >= 0.6 is 0 Å². The van der Waals surface area contributed by atoms with Gasteiger partial charge in [0.1, 0.15) is 17.1 Å². The summed E-state index contributed by atoms with van der Waals surface area (Å²) >= 11 is 0. The fourth-order valence-corrected chi connectivity index (χ4v) is 2.36. The number of carbonyl (C=O) groups is 1. The Hall–Kier alpha value is -3.51. The van der Waals surface area contributed by atoms with Crippen LogP contribution < -0.4 is 15.4 Å². The number of nitrogens with zero attached hydrogens (tertiary/aromatic N) is 3. The summed E-state index contributed by atoms with van der Waals surface area (Å²) in [6.45, 7) is 0. The molecule has 0 aliphatic heterocycles. The molecule has 0 bridgehead atoms. The largest absolute Gasteiger partial charge is 0.497 e. The summed E-state index contributed by atoms with van der Waals surface area (Å²) in [5, 5.41) is 7.91. The predicted octanol–water partition coefficient (Wildman–Crippen LogP) is 4.42. The van der Waals surface area contributed by atoms with Crippen molar-refractivity contribution in [1.29, 1.82) is 0 Å². The zero-order valence-electron chi connectivity index (χ0n) is 14.4. The van der Waals surface area contributed by atoms with Crippen LogP contribution in [0.1, 0.15) is 11.4 Å². The molecule has 3 aromatic rings. The van der Waals surface area contributed by atoms with Crippen LogP contribution in [-0.2, 0) is 12.4 Å². The van der Waals surface area contributed by atoms with E-state index < -0.39 is 41.1 Å². The van der Waals surface area contributed by atoms with Gasteiger partial charge < -0.3 is 15.4 Å². The average molecular weight is 419 g/mol. The summed E-state index contributed by atoms with van der Waals surface area (Å²) in [4.78, 5) is 15.3. The number of fused-ring (bicyclic) bond motifs is 1. The maximum atomic E-state index is 13.1. The van der Waals surface area contributed by atoms with Gasteiger partial charge in [-0.05, 0) is 30.3 Å². The predicted molar refractivity (Wildman–Crippen MR) is 88.6 cm³/mol. The highest BCUT2D eigenvalue weighted by molar-refractivity contribution is 6.01. The summed E-state index contributed by atoms with van der Waals surface area (Å²) in [6, 6.07) is 4.97. The van der Waals surface area contributed by atoms with Crippen molar-refractivity contribution in [1.82, 2.24) is 14.6 Å². The van der Waals surface area contributed by atoms with Crippen molar-refractivity contribution < 1.29 is 35.9 Å². The van der Waals surface area contributed by atoms with Crippen LogP contribution in [0.3, 0.4) is 0 Å². The Labute approximate surface area is 158 Å². The average Bonchev–Trinajstić information content (AvgIpc) is 3.02. The lowest BCUT2D eigenvalue weighted by Crippen LogP contribution is -2.20. The fourth-order valence-electron chi connectivity index (χ4n) is 2.36. The lowest BCUT2D eigenvalue weighted by Gasteiger charge is -2.13. The number of alkyl halides is 6. The number of anilines is 2. The van der Waals surface area contributed by atoms with Crippen LogP contribution in [0.25, 0.3) is 5.65 Å². The molecule has 0 saturated carbocycles. The second-order valence-electron chi connectivity index (χ2n) is 5.62. The van der Waals surface area contributed by atoms with E-state index >= 15 is 0 Å². The Morgan fingerprint density at radius 1 is 1.03 bits per heavy atom. The van der Waals surface area contributed by atoms with E-state index in [0.29, 0.717) is 11.4 Å². The molecule has 29 heavy (non-hydrogen) atoms. The van der Waals surface area contributed by atoms with E-state index in [1.54, 1.807) is 0 Å². The van der Waals surface area contributed by atoms with Crippen molar-refractivity contribution in [2.75, 3.05) is 17.7 Å². The third-order valence-corrected chi connectivity index (χ3v) is 3.65. The minimum atomic E-state index is -5.13. The molecule has 0 saturated heterocycles. The van der Waals surface area contributed by atoms with Gasteiger partial charge in [0.15, 0.2) is 11.3 Å². The molecule has 3 rings (SSSR count). The highest BCUT2D eigenvalue weighted by Gasteiger charge is 2.40. The van der Waals surface area contributed by atoms with Gasteiger partial charge in [0, 0.05) is 5.69 Å². The number of hydrogen-bond acceptors (Lipinski definition) is 4. The number of aromatic nitrogens is 3. The van der Waals surface area contributed by atoms with Gasteiger partial charge in [-0.1, -0.05) is 0 Å². The molecule has 2 amide bonds. The quantitative estimate of drug-likeness (QED) is 0.616. The van der Waals surface area contributed by atoms with E-state index in [1.807, 2.05) is 0 Å².